The van der Waals surface area contributed by atoms with E-state index in [1.165, 1.54) is 20.2 Å². The number of carbonyl (C=O) groups is 2. The van der Waals surface area contributed by atoms with Crippen LogP contribution in [-0.2, 0) is 14.4 Å². The van der Waals surface area contributed by atoms with E-state index < -0.39 is 11.7 Å². The van der Waals surface area contributed by atoms with Crippen molar-refractivity contribution in [2.45, 2.75) is 0 Å². The maximum Gasteiger partial charge on any atom is 0.317 e. The first-order valence-corrected chi connectivity index (χ1v) is 4.74. The third kappa shape index (κ3) is 3.33. The Morgan fingerprint density at radius 3 is 2.44 bits per heavy atom. The van der Waals surface area contributed by atoms with E-state index in [2.05, 4.69) is 4.84 Å². The molecule has 0 aromatic heterocycles. The summed E-state index contributed by atoms with van der Waals surface area (Å²) >= 11 is 0. The Balaban J connectivity index is 2.65. The van der Waals surface area contributed by atoms with Gasteiger partial charge in [-0.25, -0.2) is 5.06 Å². The number of nitrogens with zero attached hydrogens (tertiary/aromatic N) is 1. The third-order valence-electron chi connectivity index (χ3n) is 2.00. The minimum atomic E-state index is -0.699. The Hall–Kier alpha value is -1.94. The number of hydrogen-bond donors (Lipinski definition) is 0. The highest BCUT2D eigenvalue weighted by Crippen LogP contribution is 2.01. The minimum absolute atomic E-state index is 0.617. The van der Waals surface area contributed by atoms with E-state index in [9.17, 15) is 9.59 Å². The number of benzene rings is 1. The van der Waals surface area contributed by atoms with Crippen LogP contribution in [0.4, 0.5) is 0 Å². The number of rotatable bonds is 4. The number of amides is 1. The maximum atomic E-state index is 11.4. The van der Waals surface area contributed by atoms with Gasteiger partial charge in [-0.2, -0.15) is 0 Å². The fourth-order valence-corrected chi connectivity index (χ4v) is 1.05. The summed E-state index contributed by atoms with van der Waals surface area (Å²) in [5.74, 6) is -1.32. The Kier molecular flexibility index (Phi) is 4.42. The highest BCUT2D eigenvalue weighted by Gasteiger charge is 2.14. The first-order chi connectivity index (χ1) is 7.65. The fourth-order valence-electron chi connectivity index (χ4n) is 1.05. The van der Waals surface area contributed by atoms with Crippen molar-refractivity contribution in [3.05, 3.63) is 42.0 Å². The summed E-state index contributed by atoms with van der Waals surface area (Å²) in [5, 5.41) is 0.887. The highest BCUT2D eigenvalue weighted by atomic mass is 16.7. The molecule has 0 aliphatic heterocycles. The van der Waals surface area contributed by atoms with Crippen molar-refractivity contribution >= 4 is 17.8 Å². The van der Waals surface area contributed by atoms with Gasteiger partial charge < -0.3 is 0 Å². The lowest BCUT2D eigenvalue weighted by Gasteiger charge is -2.10. The lowest BCUT2D eigenvalue weighted by Crippen LogP contribution is -2.31. The molecule has 0 saturated carbocycles. The van der Waals surface area contributed by atoms with Gasteiger partial charge >= 0.3 is 5.91 Å². The predicted molar refractivity (Wildman–Crippen MR) is 60.3 cm³/mol. The first kappa shape index (κ1) is 12.1. The summed E-state index contributed by atoms with van der Waals surface area (Å²) in [6.07, 6.45) is 2.82. The van der Waals surface area contributed by atoms with E-state index in [0.717, 1.165) is 10.6 Å². The second-order valence-corrected chi connectivity index (χ2v) is 3.09. The van der Waals surface area contributed by atoms with Crippen LogP contribution in [0.25, 0.3) is 6.08 Å². The zero-order chi connectivity index (χ0) is 12.0. The van der Waals surface area contributed by atoms with E-state index in [1.54, 1.807) is 6.08 Å². The largest absolute Gasteiger partial charge is 0.317 e. The average Bonchev–Trinajstić information content (AvgIpc) is 2.35. The molecule has 1 aromatic rings. The Morgan fingerprint density at radius 1 is 1.25 bits per heavy atom. The summed E-state index contributed by atoms with van der Waals surface area (Å²) in [6, 6.07) is 9.27. The van der Waals surface area contributed by atoms with Gasteiger partial charge in [-0.3, -0.25) is 14.4 Å². The van der Waals surface area contributed by atoms with Crippen LogP contribution in [0.3, 0.4) is 0 Å². The maximum absolute atomic E-state index is 11.4. The normalized spacial score (nSPS) is 10.4. The summed E-state index contributed by atoms with van der Waals surface area (Å²) in [5.41, 5.74) is 0.865. The van der Waals surface area contributed by atoms with Gasteiger partial charge in [-0.1, -0.05) is 36.4 Å². The molecule has 0 atom stereocenters. The minimum Gasteiger partial charge on any atom is -0.284 e. The van der Waals surface area contributed by atoms with Crippen molar-refractivity contribution in [3.63, 3.8) is 0 Å². The molecule has 0 unspecified atom stereocenters. The van der Waals surface area contributed by atoms with Crippen LogP contribution in [0.15, 0.2) is 36.4 Å². The Morgan fingerprint density at radius 2 is 1.88 bits per heavy atom. The number of hydroxylamine groups is 2. The van der Waals surface area contributed by atoms with E-state index in [-0.39, 0.29) is 0 Å². The smallest absolute Gasteiger partial charge is 0.284 e. The standard InChI is InChI=1S/C12H13NO3/c1-13(16-2)12(15)11(14)9-8-10-6-4-3-5-7-10/h3-9H,1-2H3/b9-8+. The van der Waals surface area contributed by atoms with E-state index in [4.69, 9.17) is 0 Å². The quantitative estimate of drug-likeness (QED) is 0.435. The molecule has 4 nitrogen and oxygen atoms in total. The Labute approximate surface area is 94.1 Å². The molecular formula is C12H13NO3. The number of likely N-dealkylation sites (N-methyl/N-ethyl adjacent to an activating group) is 1. The predicted octanol–water partition coefficient (Wildman–Crippen LogP) is 1.29. The van der Waals surface area contributed by atoms with Gasteiger partial charge in [0.05, 0.1) is 7.11 Å². The molecular weight excluding hydrogens is 206 g/mol. The molecule has 0 bridgehead atoms. The van der Waals surface area contributed by atoms with Crippen LogP contribution in [0.1, 0.15) is 5.56 Å². The SMILES string of the molecule is CON(C)C(=O)C(=O)/C=C/c1ccccc1. The van der Waals surface area contributed by atoms with Crippen LogP contribution in [0, 0.1) is 0 Å². The Bertz CT molecular complexity index is 398. The second kappa shape index (κ2) is 5.82. The monoisotopic (exact) mass is 219 g/mol. The van der Waals surface area contributed by atoms with E-state index >= 15 is 0 Å². The van der Waals surface area contributed by atoms with Gasteiger partial charge in [0, 0.05) is 7.05 Å². The zero-order valence-corrected chi connectivity index (χ0v) is 9.21. The van der Waals surface area contributed by atoms with Crippen LogP contribution >= 0.6 is 0 Å². The number of hydrogen-bond acceptors (Lipinski definition) is 3. The van der Waals surface area contributed by atoms with Crippen LogP contribution in [0.2, 0.25) is 0 Å². The van der Waals surface area contributed by atoms with Gasteiger partial charge in [-0.05, 0) is 11.6 Å². The third-order valence-corrected chi connectivity index (χ3v) is 2.00. The fraction of sp³-hybridized carbons (Fsp3) is 0.167. The molecule has 1 amide bonds. The van der Waals surface area contributed by atoms with Crippen molar-refractivity contribution in [3.8, 4) is 0 Å². The van der Waals surface area contributed by atoms with Crippen LogP contribution < -0.4 is 0 Å². The molecule has 0 radical (unpaired) electrons. The first-order valence-electron chi connectivity index (χ1n) is 4.74. The summed E-state index contributed by atoms with van der Waals surface area (Å²) in [6.45, 7) is 0. The molecule has 1 aromatic carbocycles. The van der Waals surface area contributed by atoms with Gasteiger partial charge in [0.1, 0.15) is 0 Å². The average molecular weight is 219 g/mol. The topological polar surface area (TPSA) is 46.6 Å². The summed E-state index contributed by atoms with van der Waals surface area (Å²) < 4.78 is 0. The number of ketones is 1. The summed E-state index contributed by atoms with van der Waals surface area (Å²) in [4.78, 5) is 27.3. The molecule has 84 valence electrons. The molecule has 1 rings (SSSR count). The van der Waals surface area contributed by atoms with Crippen molar-refractivity contribution < 1.29 is 14.4 Å². The summed E-state index contributed by atoms with van der Waals surface area (Å²) in [7, 11) is 2.71. The lowest BCUT2D eigenvalue weighted by molar-refractivity contribution is -0.171. The lowest BCUT2D eigenvalue weighted by atomic mass is 10.2. The van der Waals surface area contributed by atoms with Crippen molar-refractivity contribution in [1.82, 2.24) is 5.06 Å². The van der Waals surface area contributed by atoms with Crippen LogP contribution in [0.5, 0.6) is 0 Å². The van der Waals surface area contributed by atoms with Crippen LogP contribution in [-0.4, -0.2) is 30.9 Å². The van der Waals surface area contributed by atoms with E-state index in [1.807, 2.05) is 30.3 Å². The molecule has 4 heteroatoms. The van der Waals surface area contributed by atoms with Crippen molar-refractivity contribution in [2.24, 2.45) is 0 Å². The van der Waals surface area contributed by atoms with Gasteiger partial charge in [-0.15, -0.1) is 0 Å². The molecule has 0 saturated heterocycles. The zero-order valence-electron chi connectivity index (χ0n) is 9.21. The molecule has 0 N–H and O–H groups in total. The molecule has 0 heterocycles. The van der Waals surface area contributed by atoms with Crippen molar-refractivity contribution in [2.75, 3.05) is 14.2 Å². The molecule has 0 aliphatic rings. The van der Waals surface area contributed by atoms with Gasteiger partial charge in [0.2, 0.25) is 5.78 Å². The van der Waals surface area contributed by atoms with Crippen molar-refractivity contribution in [1.29, 1.82) is 0 Å². The molecule has 0 spiro atoms. The molecule has 0 fully saturated rings. The number of carbonyl (C=O) groups excluding carboxylic acids is 2. The highest BCUT2D eigenvalue weighted by molar-refractivity contribution is 6.40. The second-order valence-electron chi connectivity index (χ2n) is 3.09. The van der Waals surface area contributed by atoms with Gasteiger partial charge in [0.15, 0.2) is 0 Å². The van der Waals surface area contributed by atoms with E-state index in [0.29, 0.717) is 0 Å². The molecule has 0 aliphatic carbocycles. The molecule has 16 heavy (non-hydrogen) atoms. The van der Waals surface area contributed by atoms with Gasteiger partial charge in [0.25, 0.3) is 0 Å².